The first-order valence-electron chi connectivity index (χ1n) is 6.93. The third-order valence-electron chi connectivity index (χ3n) is 4.10. The van der Waals surface area contributed by atoms with E-state index < -0.39 is 10.2 Å². The molecule has 1 heterocycles. The number of nitrogens with zero attached hydrogens (tertiary/aromatic N) is 1. The molecule has 3 unspecified atom stereocenters. The minimum atomic E-state index is -3.43. The van der Waals surface area contributed by atoms with Crippen LogP contribution in [0.5, 0.6) is 0 Å². The van der Waals surface area contributed by atoms with E-state index in [1.807, 2.05) is 0 Å². The predicted molar refractivity (Wildman–Crippen MR) is 70.3 cm³/mol. The van der Waals surface area contributed by atoms with E-state index in [1.54, 1.807) is 0 Å². The van der Waals surface area contributed by atoms with Gasteiger partial charge >= 0.3 is 0 Å². The molecule has 0 aromatic carbocycles. The summed E-state index contributed by atoms with van der Waals surface area (Å²) < 4.78 is 28.9. The van der Waals surface area contributed by atoms with Gasteiger partial charge in [0, 0.05) is 18.6 Å². The van der Waals surface area contributed by atoms with Crippen molar-refractivity contribution in [3.8, 4) is 0 Å². The summed E-state index contributed by atoms with van der Waals surface area (Å²) in [7, 11) is -3.43. The SMILES string of the molecule is CC1CCC(NS(=O)(=O)N2CCCCC2CO)C1. The monoisotopic (exact) mass is 276 g/mol. The molecule has 1 saturated heterocycles. The molecule has 0 spiro atoms. The molecule has 6 heteroatoms. The van der Waals surface area contributed by atoms with Crippen molar-refractivity contribution >= 4 is 10.2 Å². The summed E-state index contributed by atoms with van der Waals surface area (Å²) in [6.07, 6.45) is 5.60. The number of aliphatic hydroxyl groups is 1. The first-order valence-corrected chi connectivity index (χ1v) is 8.37. The van der Waals surface area contributed by atoms with Crippen molar-refractivity contribution in [3.05, 3.63) is 0 Å². The van der Waals surface area contributed by atoms with Gasteiger partial charge in [0.25, 0.3) is 10.2 Å². The normalized spacial score (nSPS) is 34.9. The van der Waals surface area contributed by atoms with E-state index in [0.717, 1.165) is 38.5 Å². The van der Waals surface area contributed by atoms with Gasteiger partial charge < -0.3 is 5.11 Å². The smallest absolute Gasteiger partial charge is 0.280 e. The second-order valence-electron chi connectivity index (χ2n) is 5.68. The number of nitrogens with one attached hydrogen (secondary N) is 1. The summed E-state index contributed by atoms with van der Waals surface area (Å²) in [5.74, 6) is 0.604. The lowest BCUT2D eigenvalue weighted by atomic mass is 10.1. The molecule has 0 bridgehead atoms. The number of piperidine rings is 1. The van der Waals surface area contributed by atoms with E-state index in [2.05, 4.69) is 11.6 Å². The molecule has 5 nitrogen and oxygen atoms in total. The Morgan fingerprint density at radius 1 is 1.28 bits per heavy atom. The maximum Gasteiger partial charge on any atom is 0.280 e. The molecule has 2 N–H and O–H groups in total. The molecule has 0 aromatic heterocycles. The molecule has 1 aliphatic heterocycles. The molecule has 2 fully saturated rings. The Balaban J connectivity index is 2.00. The van der Waals surface area contributed by atoms with Crippen molar-refractivity contribution in [2.24, 2.45) is 5.92 Å². The number of hydrogen-bond donors (Lipinski definition) is 2. The van der Waals surface area contributed by atoms with Crippen LogP contribution in [0.3, 0.4) is 0 Å². The summed E-state index contributed by atoms with van der Waals surface area (Å²) in [4.78, 5) is 0. The fraction of sp³-hybridized carbons (Fsp3) is 1.00. The Kier molecular flexibility index (Phi) is 4.64. The van der Waals surface area contributed by atoms with Crippen molar-refractivity contribution < 1.29 is 13.5 Å². The average Bonchev–Trinajstić information content (AvgIpc) is 2.74. The summed E-state index contributed by atoms with van der Waals surface area (Å²) in [6, 6.07) is -0.165. The molecular formula is C12H24N2O3S. The fourth-order valence-corrected chi connectivity index (χ4v) is 4.77. The summed E-state index contributed by atoms with van der Waals surface area (Å²) in [6.45, 7) is 2.61. The van der Waals surface area contributed by atoms with Crippen LogP contribution < -0.4 is 4.72 Å². The van der Waals surface area contributed by atoms with Crippen molar-refractivity contribution in [1.82, 2.24) is 9.03 Å². The zero-order valence-corrected chi connectivity index (χ0v) is 11.8. The van der Waals surface area contributed by atoms with Crippen LogP contribution in [0.15, 0.2) is 0 Å². The lowest BCUT2D eigenvalue weighted by Gasteiger charge is -2.34. The van der Waals surface area contributed by atoms with Crippen LogP contribution in [0.2, 0.25) is 0 Å². The minimum Gasteiger partial charge on any atom is -0.395 e. The molecule has 1 saturated carbocycles. The van der Waals surface area contributed by atoms with E-state index in [-0.39, 0.29) is 18.7 Å². The molecule has 0 radical (unpaired) electrons. The summed E-state index contributed by atoms with van der Waals surface area (Å²) in [5.41, 5.74) is 0. The molecular weight excluding hydrogens is 252 g/mol. The fourth-order valence-electron chi connectivity index (χ4n) is 3.07. The summed E-state index contributed by atoms with van der Waals surface area (Å²) >= 11 is 0. The quantitative estimate of drug-likeness (QED) is 0.800. The maximum absolute atomic E-state index is 12.3. The van der Waals surface area contributed by atoms with Gasteiger partial charge in [-0.3, -0.25) is 0 Å². The van der Waals surface area contributed by atoms with Gasteiger partial charge in [-0.15, -0.1) is 0 Å². The lowest BCUT2D eigenvalue weighted by Crippen LogP contribution is -2.52. The van der Waals surface area contributed by atoms with Gasteiger partial charge in [-0.25, -0.2) is 0 Å². The highest BCUT2D eigenvalue weighted by Gasteiger charge is 2.34. The van der Waals surface area contributed by atoms with Crippen molar-refractivity contribution in [1.29, 1.82) is 0 Å². The Hall–Kier alpha value is -0.170. The topological polar surface area (TPSA) is 69.6 Å². The highest BCUT2D eigenvalue weighted by Crippen LogP contribution is 2.26. The first kappa shape index (κ1) is 14.2. The van der Waals surface area contributed by atoms with Gasteiger partial charge in [-0.05, 0) is 38.0 Å². The highest BCUT2D eigenvalue weighted by atomic mass is 32.2. The Labute approximate surface area is 110 Å². The largest absolute Gasteiger partial charge is 0.395 e. The average molecular weight is 276 g/mol. The van der Waals surface area contributed by atoms with Crippen LogP contribution in [-0.2, 0) is 10.2 Å². The Morgan fingerprint density at radius 2 is 2.06 bits per heavy atom. The van der Waals surface area contributed by atoms with Crippen LogP contribution in [0.25, 0.3) is 0 Å². The molecule has 0 aromatic rings. The minimum absolute atomic E-state index is 0.0752. The first-order chi connectivity index (χ1) is 8.53. The van der Waals surface area contributed by atoms with Crippen LogP contribution in [-0.4, -0.2) is 43.1 Å². The van der Waals surface area contributed by atoms with Crippen LogP contribution in [0.1, 0.15) is 45.4 Å². The van der Waals surface area contributed by atoms with Gasteiger partial charge in [0.1, 0.15) is 0 Å². The van der Waals surface area contributed by atoms with E-state index >= 15 is 0 Å². The third kappa shape index (κ3) is 3.23. The molecule has 2 aliphatic rings. The number of hydrogen-bond acceptors (Lipinski definition) is 3. The molecule has 2 rings (SSSR count). The molecule has 0 amide bonds. The zero-order valence-electron chi connectivity index (χ0n) is 11.0. The summed E-state index contributed by atoms with van der Waals surface area (Å²) in [5, 5.41) is 9.29. The van der Waals surface area contributed by atoms with Crippen molar-refractivity contribution in [2.75, 3.05) is 13.2 Å². The lowest BCUT2D eigenvalue weighted by molar-refractivity contribution is 0.153. The third-order valence-corrected chi connectivity index (χ3v) is 5.83. The van der Waals surface area contributed by atoms with Crippen molar-refractivity contribution in [2.45, 2.75) is 57.5 Å². The second kappa shape index (κ2) is 5.86. The highest BCUT2D eigenvalue weighted by molar-refractivity contribution is 7.87. The predicted octanol–water partition coefficient (Wildman–Crippen LogP) is 0.856. The number of aliphatic hydroxyl groups excluding tert-OH is 1. The van der Waals surface area contributed by atoms with Crippen LogP contribution in [0, 0.1) is 5.92 Å². The van der Waals surface area contributed by atoms with Crippen LogP contribution >= 0.6 is 0 Å². The second-order valence-corrected chi connectivity index (χ2v) is 7.34. The Morgan fingerprint density at radius 3 is 2.67 bits per heavy atom. The van der Waals surface area contributed by atoms with Gasteiger partial charge in [-0.2, -0.15) is 17.4 Å². The molecule has 3 atom stereocenters. The number of rotatable bonds is 4. The Bertz CT molecular complexity index is 372. The zero-order chi connectivity index (χ0) is 13.2. The van der Waals surface area contributed by atoms with E-state index in [9.17, 15) is 13.5 Å². The molecule has 1 aliphatic carbocycles. The van der Waals surface area contributed by atoms with Crippen LogP contribution in [0.4, 0.5) is 0 Å². The maximum atomic E-state index is 12.3. The van der Waals surface area contributed by atoms with Gasteiger partial charge in [0.05, 0.1) is 6.61 Å². The van der Waals surface area contributed by atoms with Gasteiger partial charge in [-0.1, -0.05) is 13.3 Å². The van der Waals surface area contributed by atoms with Crippen molar-refractivity contribution in [3.63, 3.8) is 0 Å². The van der Waals surface area contributed by atoms with E-state index in [0.29, 0.717) is 12.5 Å². The van der Waals surface area contributed by atoms with Gasteiger partial charge in [0.15, 0.2) is 0 Å². The molecule has 18 heavy (non-hydrogen) atoms. The standard InChI is InChI=1S/C12H24N2O3S/c1-10-5-6-11(8-10)13-18(16,17)14-7-3-2-4-12(14)9-15/h10-13,15H,2-9H2,1H3. The molecule has 106 valence electrons. The van der Waals surface area contributed by atoms with Gasteiger partial charge in [0.2, 0.25) is 0 Å². The van der Waals surface area contributed by atoms with E-state index in [1.165, 1.54) is 4.31 Å². The van der Waals surface area contributed by atoms with E-state index in [4.69, 9.17) is 0 Å².